The van der Waals surface area contributed by atoms with Crippen LogP contribution in [0.5, 0.6) is 0 Å². The Kier molecular flexibility index (Phi) is 5.64. The topological polar surface area (TPSA) is 55.9 Å². The van der Waals surface area contributed by atoms with Gasteiger partial charge in [0.1, 0.15) is 0 Å². The molecule has 1 atom stereocenters. The van der Waals surface area contributed by atoms with Crippen LogP contribution in [0.2, 0.25) is 0 Å². The summed E-state index contributed by atoms with van der Waals surface area (Å²) in [5.74, 6) is 6.62. The minimum absolute atomic E-state index is 0.307. The molecule has 0 saturated heterocycles. The minimum Gasteiger partial charge on any atom is -0.276 e. The lowest BCUT2D eigenvalue weighted by Crippen LogP contribution is -2.37. The van der Waals surface area contributed by atoms with Gasteiger partial charge < -0.3 is 0 Å². The lowest BCUT2D eigenvalue weighted by molar-refractivity contribution is 0.539. The zero-order valence-electron chi connectivity index (χ0n) is 12.0. The van der Waals surface area contributed by atoms with Gasteiger partial charge in [-0.2, -0.15) is 5.10 Å². The maximum absolute atomic E-state index is 5.65. The van der Waals surface area contributed by atoms with Crippen molar-refractivity contribution in [2.45, 2.75) is 30.7 Å². The third-order valence-corrected chi connectivity index (χ3v) is 4.42. The van der Waals surface area contributed by atoms with Crippen LogP contribution in [0.15, 0.2) is 41.6 Å². The van der Waals surface area contributed by atoms with Crippen LogP contribution in [-0.2, 0) is 13.5 Å². The molecule has 4 nitrogen and oxygen atoms in total. The fourth-order valence-corrected chi connectivity index (χ4v) is 2.97. The summed E-state index contributed by atoms with van der Waals surface area (Å²) >= 11 is 1.84. The zero-order valence-corrected chi connectivity index (χ0v) is 12.9. The third kappa shape index (κ3) is 4.67. The Morgan fingerprint density at radius 3 is 2.70 bits per heavy atom. The van der Waals surface area contributed by atoms with Crippen molar-refractivity contribution in [1.29, 1.82) is 0 Å². The van der Waals surface area contributed by atoms with Crippen LogP contribution in [0.1, 0.15) is 17.5 Å². The maximum Gasteiger partial charge on any atom is 0.0521 e. The summed E-state index contributed by atoms with van der Waals surface area (Å²) < 4.78 is 1.83. The first-order chi connectivity index (χ1) is 9.67. The number of hydrazine groups is 1. The molecular weight excluding hydrogens is 268 g/mol. The van der Waals surface area contributed by atoms with Crippen molar-refractivity contribution in [3.8, 4) is 0 Å². The molecule has 0 aliphatic heterocycles. The average molecular weight is 290 g/mol. The van der Waals surface area contributed by atoms with Gasteiger partial charge in [0.15, 0.2) is 0 Å². The van der Waals surface area contributed by atoms with Crippen molar-refractivity contribution in [3.05, 3.63) is 47.8 Å². The highest BCUT2D eigenvalue weighted by Crippen LogP contribution is 2.20. The number of nitrogens with two attached hydrogens (primary N) is 1. The van der Waals surface area contributed by atoms with Gasteiger partial charge in [-0.1, -0.05) is 17.7 Å². The number of aryl methyl sites for hydroxylation is 3. The number of hydrogen-bond donors (Lipinski definition) is 2. The van der Waals surface area contributed by atoms with Crippen molar-refractivity contribution >= 4 is 11.8 Å². The Hall–Kier alpha value is -1.30. The number of benzene rings is 1. The van der Waals surface area contributed by atoms with Crippen LogP contribution >= 0.6 is 11.8 Å². The molecule has 20 heavy (non-hydrogen) atoms. The van der Waals surface area contributed by atoms with Crippen molar-refractivity contribution in [2.75, 3.05) is 5.75 Å². The summed E-state index contributed by atoms with van der Waals surface area (Å²) in [6, 6.07) is 8.91. The summed E-state index contributed by atoms with van der Waals surface area (Å²) in [6.45, 7) is 2.10. The molecule has 0 aliphatic rings. The molecule has 0 fully saturated rings. The average Bonchev–Trinajstić information content (AvgIpc) is 2.87. The summed E-state index contributed by atoms with van der Waals surface area (Å²) in [4.78, 5) is 1.29. The molecule has 0 aliphatic carbocycles. The Labute approximate surface area is 124 Å². The highest BCUT2D eigenvalue weighted by atomic mass is 32.2. The molecule has 2 rings (SSSR count). The van der Waals surface area contributed by atoms with Gasteiger partial charge in [0, 0.05) is 29.9 Å². The van der Waals surface area contributed by atoms with Crippen LogP contribution in [-0.4, -0.2) is 21.6 Å². The molecule has 1 unspecified atom stereocenters. The van der Waals surface area contributed by atoms with Crippen LogP contribution < -0.4 is 11.3 Å². The highest BCUT2D eigenvalue weighted by molar-refractivity contribution is 7.99. The standard InChI is InChI=1S/C15H22N4S/c1-12-3-7-15(8-4-12)20-11-14(18-16)6-5-13-9-17-19(2)10-13/h3-4,7-10,14,18H,5-6,11,16H2,1-2H3. The van der Waals surface area contributed by atoms with Crippen LogP contribution in [0.25, 0.3) is 0 Å². The largest absolute Gasteiger partial charge is 0.276 e. The normalized spacial score (nSPS) is 12.6. The van der Waals surface area contributed by atoms with E-state index in [-0.39, 0.29) is 0 Å². The van der Waals surface area contributed by atoms with Crippen molar-refractivity contribution in [2.24, 2.45) is 12.9 Å². The second kappa shape index (κ2) is 7.47. The van der Waals surface area contributed by atoms with Crippen molar-refractivity contribution in [3.63, 3.8) is 0 Å². The number of rotatable bonds is 7. The van der Waals surface area contributed by atoms with E-state index in [1.165, 1.54) is 16.0 Å². The van der Waals surface area contributed by atoms with Gasteiger partial charge in [0.25, 0.3) is 0 Å². The number of thioether (sulfide) groups is 1. The second-order valence-electron chi connectivity index (χ2n) is 5.05. The first-order valence-electron chi connectivity index (χ1n) is 6.80. The number of aromatic nitrogens is 2. The predicted octanol–water partition coefficient (Wildman–Crippen LogP) is 2.29. The van der Waals surface area contributed by atoms with Crippen molar-refractivity contribution < 1.29 is 0 Å². The molecule has 5 heteroatoms. The lowest BCUT2D eigenvalue weighted by Gasteiger charge is -2.15. The highest BCUT2D eigenvalue weighted by Gasteiger charge is 2.08. The summed E-state index contributed by atoms with van der Waals surface area (Å²) in [6.07, 6.45) is 5.99. The van der Waals surface area contributed by atoms with E-state index in [1.54, 1.807) is 0 Å². The molecule has 2 aromatic rings. The molecule has 0 bridgehead atoms. The number of nitrogens with zero attached hydrogens (tertiary/aromatic N) is 2. The van der Waals surface area contributed by atoms with Crippen molar-refractivity contribution in [1.82, 2.24) is 15.2 Å². The van der Waals surface area contributed by atoms with Gasteiger partial charge in [-0.15, -0.1) is 11.8 Å². The van der Waals surface area contributed by atoms with Gasteiger partial charge in [0.05, 0.1) is 6.20 Å². The molecule has 0 amide bonds. The molecule has 1 heterocycles. The predicted molar refractivity (Wildman–Crippen MR) is 84.5 cm³/mol. The molecular formula is C15H22N4S. The van der Waals surface area contributed by atoms with Gasteiger partial charge in [0.2, 0.25) is 0 Å². The number of hydrogen-bond acceptors (Lipinski definition) is 4. The fraction of sp³-hybridized carbons (Fsp3) is 0.400. The van der Waals surface area contributed by atoms with Gasteiger partial charge in [-0.25, -0.2) is 0 Å². The molecule has 1 aromatic heterocycles. The van der Waals surface area contributed by atoms with E-state index in [9.17, 15) is 0 Å². The first-order valence-corrected chi connectivity index (χ1v) is 7.79. The Bertz CT molecular complexity index is 521. The molecule has 0 saturated carbocycles. The SMILES string of the molecule is Cc1ccc(SCC(CCc2cnn(C)c2)NN)cc1. The first kappa shape index (κ1) is 15.1. The van der Waals surface area contributed by atoms with E-state index >= 15 is 0 Å². The molecule has 0 radical (unpaired) electrons. The molecule has 3 N–H and O–H groups in total. The third-order valence-electron chi connectivity index (χ3n) is 3.25. The Morgan fingerprint density at radius 1 is 1.35 bits per heavy atom. The summed E-state index contributed by atoms with van der Waals surface area (Å²) in [5.41, 5.74) is 5.46. The van der Waals surface area contributed by atoms with Gasteiger partial charge in [-0.05, 0) is 37.5 Å². The Morgan fingerprint density at radius 2 is 2.10 bits per heavy atom. The quantitative estimate of drug-likeness (QED) is 0.467. The maximum atomic E-state index is 5.65. The molecule has 1 aromatic carbocycles. The molecule has 0 spiro atoms. The van der Waals surface area contributed by atoms with Crippen LogP contribution in [0, 0.1) is 6.92 Å². The van der Waals surface area contributed by atoms with E-state index < -0.39 is 0 Å². The monoisotopic (exact) mass is 290 g/mol. The molecule has 108 valence electrons. The summed E-state index contributed by atoms with van der Waals surface area (Å²) in [5, 5.41) is 4.18. The van der Waals surface area contributed by atoms with Gasteiger partial charge >= 0.3 is 0 Å². The zero-order chi connectivity index (χ0) is 14.4. The Balaban J connectivity index is 1.78. The van der Waals surface area contributed by atoms with E-state index in [4.69, 9.17) is 5.84 Å². The van der Waals surface area contributed by atoms with E-state index in [1.807, 2.05) is 29.7 Å². The van der Waals surface area contributed by atoms with E-state index in [0.717, 1.165) is 18.6 Å². The van der Waals surface area contributed by atoms with Crippen LogP contribution in [0.3, 0.4) is 0 Å². The van der Waals surface area contributed by atoms with Gasteiger partial charge in [-0.3, -0.25) is 16.0 Å². The van der Waals surface area contributed by atoms with E-state index in [0.29, 0.717) is 6.04 Å². The minimum atomic E-state index is 0.307. The smallest absolute Gasteiger partial charge is 0.0521 e. The lowest BCUT2D eigenvalue weighted by atomic mass is 10.1. The fourth-order valence-electron chi connectivity index (χ4n) is 1.99. The number of nitrogens with one attached hydrogen (secondary N) is 1. The second-order valence-corrected chi connectivity index (χ2v) is 6.14. The van der Waals surface area contributed by atoms with E-state index in [2.05, 4.69) is 47.9 Å². The summed E-state index contributed by atoms with van der Waals surface area (Å²) in [7, 11) is 1.94. The van der Waals surface area contributed by atoms with Crippen LogP contribution in [0.4, 0.5) is 0 Å².